The van der Waals surface area contributed by atoms with E-state index in [2.05, 4.69) is 20.2 Å². The number of fused-ring (bicyclic) bond motifs is 1. The minimum absolute atomic E-state index is 0.692. The first-order valence-corrected chi connectivity index (χ1v) is 6.93. The Morgan fingerprint density at radius 1 is 1.00 bits per heavy atom. The predicted molar refractivity (Wildman–Crippen MR) is 84.1 cm³/mol. The molecule has 2 aromatic heterocycles. The molecule has 0 radical (unpaired) electrons. The summed E-state index contributed by atoms with van der Waals surface area (Å²) < 4.78 is 0. The second-order valence-electron chi connectivity index (χ2n) is 4.77. The third kappa shape index (κ3) is 2.10. The average Bonchev–Trinajstić information content (AvgIpc) is 3.13. The van der Waals surface area contributed by atoms with E-state index >= 15 is 0 Å². The molecule has 4 aromatic rings. The zero-order valence-corrected chi connectivity index (χ0v) is 11.7. The molecule has 102 valence electrons. The maximum Gasteiger partial charge on any atom is 0.142 e. The second kappa shape index (κ2) is 4.75. The summed E-state index contributed by atoms with van der Waals surface area (Å²) in [5.74, 6) is 0.792. The molecule has 4 rings (SSSR count). The Hall–Kier alpha value is -2.59. The normalized spacial score (nSPS) is 11.1. The fourth-order valence-electron chi connectivity index (χ4n) is 2.41. The number of H-pyrrole nitrogens is 2. The van der Waals surface area contributed by atoms with Gasteiger partial charge in [-0.3, -0.25) is 5.10 Å². The van der Waals surface area contributed by atoms with Crippen LogP contribution in [0.1, 0.15) is 0 Å². The Balaban J connectivity index is 1.88. The van der Waals surface area contributed by atoms with Gasteiger partial charge in [-0.05, 0) is 24.3 Å². The van der Waals surface area contributed by atoms with Crippen LogP contribution in [0.4, 0.5) is 0 Å². The van der Waals surface area contributed by atoms with Gasteiger partial charge in [-0.15, -0.1) is 0 Å². The highest BCUT2D eigenvalue weighted by Crippen LogP contribution is 2.30. The van der Waals surface area contributed by atoms with Crippen molar-refractivity contribution in [1.82, 2.24) is 20.2 Å². The number of hydrogen-bond donors (Lipinski definition) is 2. The van der Waals surface area contributed by atoms with E-state index in [9.17, 15) is 0 Å². The molecule has 0 unspecified atom stereocenters. The van der Waals surface area contributed by atoms with Crippen molar-refractivity contribution in [2.45, 2.75) is 0 Å². The van der Waals surface area contributed by atoms with Gasteiger partial charge in [0.15, 0.2) is 0 Å². The van der Waals surface area contributed by atoms with Crippen molar-refractivity contribution in [3.05, 3.63) is 59.8 Å². The highest BCUT2D eigenvalue weighted by atomic mass is 35.5. The molecule has 0 amide bonds. The number of halogens is 1. The van der Waals surface area contributed by atoms with Crippen LogP contribution in [0.25, 0.3) is 33.7 Å². The van der Waals surface area contributed by atoms with Crippen LogP contribution in [-0.4, -0.2) is 20.2 Å². The molecule has 0 aliphatic carbocycles. The maximum atomic E-state index is 6.07. The monoisotopic (exact) mass is 294 g/mol. The van der Waals surface area contributed by atoms with E-state index < -0.39 is 0 Å². The van der Waals surface area contributed by atoms with Crippen LogP contribution in [-0.2, 0) is 0 Å². The lowest BCUT2D eigenvalue weighted by molar-refractivity contribution is 1.10. The van der Waals surface area contributed by atoms with E-state index in [0.29, 0.717) is 5.02 Å². The number of rotatable bonds is 2. The van der Waals surface area contributed by atoms with Crippen LogP contribution in [0.15, 0.2) is 54.7 Å². The van der Waals surface area contributed by atoms with Crippen molar-refractivity contribution >= 4 is 22.6 Å². The molecule has 5 heteroatoms. The van der Waals surface area contributed by atoms with Crippen molar-refractivity contribution in [2.24, 2.45) is 0 Å². The van der Waals surface area contributed by atoms with Gasteiger partial charge >= 0.3 is 0 Å². The van der Waals surface area contributed by atoms with Crippen molar-refractivity contribution in [3.63, 3.8) is 0 Å². The minimum Gasteiger partial charge on any atom is -0.338 e. The van der Waals surface area contributed by atoms with E-state index in [-0.39, 0.29) is 0 Å². The molecule has 4 nitrogen and oxygen atoms in total. The Kier molecular flexibility index (Phi) is 2.75. The molecule has 0 saturated heterocycles. The fraction of sp³-hybridized carbons (Fsp3) is 0. The average molecular weight is 295 g/mol. The Labute approximate surface area is 125 Å². The zero-order chi connectivity index (χ0) is 14.2. The van der Waals surface area contributed by atoms with Crippen molar-refractivity contribution in [1.29, 1.82) is 0 Å². The van der Waals surface area contributed by atoms with Crippen LogP contribution in [0.5, 0.6) is 0 Å². The first-order chi connectivity index (χ1) is 10.3. The maximum absolute atomic E-state index is 6.07. The highest BCUT2D eigenvalue weighted by molar-refractivity contribution is 6.30. The molecular formula is C16H11ClN4. The lowest BCUT2D eigenvalue weighted by Gasteiger charge is -2.01. The van der Waals surface area contributed by atoms with Gasteiger partial charge in [0.2, 0.25) is 0 Å². The fourth-order valence-corrected chi connectivity index (χ4v) is 2.60. The van der Waals surface area contributed by atoms with Crippen LogP contribution < -0.4 is 0 Å². The minimum atomic E-state index is 0.692. The Morgan fingerprint density at radius 2 is 1.90 bits per heavy atom. The van der Waals surface area contributed by atoms with Crippen LogP contribution in [0.3, 0.4) is 0 Å². The van der Waals surface area contributed by atoms with Crippen LogP contribution in [0, 0.1) is 0 Å². The van der Waals surface area contributed by atoms with Crippen molar-refractivity contribution in [2.75, 3.05) is 0 Å². The SMILES string of the molecule is Clc1cccc(-c2[nH]ncc2-c2nc3ccccc3[nH]2)c1. The molecule has 0 aliphatic heterocycles. The van der Waals surface area contributed by atoms with Gasteiger partial charge < -0.3 is 4.98 Å². The first kappa shape index (κ1) is 12.2. The van der Waals surface area contributed by atoms with Crippen LogP contribution >= 0.6 is 11.6 Å². The van der Waals surface area contributed by atoms with Gasteiger partial charge in [0, 0.05) is 10.6 Å². The van der Waals surface area contributed by atoms with E-state index in [1.165, 1.54) is 0 Å². The highest BCUT2D eigenvalue weighted by Gasteiger charge is 2.13. The summed E-state index contributed by atoms with van der Waals surface area (Å²) in [7, 11) is 0. The Bertz CT molecular complexity index is 890. The predicted octanol–water partition coefficient (Wildman–Crippen LogP) is 4.27. The van der Waals surface area contributed by atoms with Gasteiger partial charge in [0.25, 0.3) is 0 Å². The number of para-hydroxylation sites is 2. The smallest absolute Gasteiger partial charge is 0.142 e. The number of benzene rings is 2. The number of aromatic amines is 2. The molecule has 0 saturated carbocycles. The molecule has 2 heterocycles. The molecule has 0 bridgehead atoms. The number of nitrogens with one attached hydrogen (secondary N) is 2. The van der Waals surface area contributed by atoms with E-state index in [1.54, 1.807) is 6.20 Å². The van der Waals surface area contributed by atoms with Crippen molar-refractivity contribution in [3.8, 4) is 22.6 Å². The summed E-state index contributed by atoms with van der Waals surface area (Å²) >= 11 is 6.07. The first-order valence-electron chi connectivity index (χ1n) is 6.56. The van der Waals surface area contributed by atoms with E-state index in [4.69, 9.17) is 11.6 Å². The molecule has 0 spiro atoms. The lowest BCUT2D eigenvalue weighted by Crippen LogP contribution is -1.84. The van der Waals surface area contributed by atoms with E-state index in [0.717, 1.165) is 33.7 Å². The van der Waals surface area contributed by atoms with Crippen LogP contribution in [0.2, 0.25) is 5.02 Å². The summed E-state index contributed by atoms with van der Waals surface area (Å²) in [5.41, 5.74) is 4.75. The summed E-state index contributed by atoms with van der Waals surface area (Å²) in [6, 6.07) is 15.6. The number of nitrogens with zero attached hydrogens (tertiary/aromatic N) is 2. The van der Waals surface area contributed by atoms with E-state index in [1.807, 2.05) is 48.5 Å². The van der Waals surface area contributed by atoms with Gasteiger partial charge in [-0.25, -0.2) is 4.98 Å². The molecule has 0 fully saturated rings. The quantitative estimate of drug-likeness (QED) is 0.580. The van der Waals surface area contributed by atoms with Crippen molar-refractivity contribution < 1.29 is 0 Å². The molecule has 0 atom stereocenters. The zero-order valence-electron chi connectivity index (χ0n) is 11.0. The number of hydrogen-bond acceptors (Lipinski definition) is 2. The number of aromatic nitrogens is 4. The van der Waals surface area contributed by atoms with Gasteiger partial charge in [-0.1, -0.05) is 35.9 Å². The molecular weight excluding hydrogens is 284 g/mol. The summed E-state index contributed by atoms with van der Waals surface area (Å²) in [6.45, 7) is 0. The summed E-state index contributed by atoms with van der Waals surface area (Å²) in [6.07, 6.45) is 1.77. The third-order valence-corrected chi connectivity index (χ3v) is 3.63. The standard InChI is InChI=1S/C16H11ClN4/c17-11-5-3-4-10(8-11)15-12(9-18-21-15)16-19-13-6-1-2-7-14(13)20-16/h1-9H,(H,18,21)(H,19,20). The van der Waals surface area contributed by atoms with Gasteiger partial charge in [0.05, 0.1) is 28.5 Å². The second-order valence-corrected chi connectivity index (χ2v) is 5.21. The van der Waals surface area contributed by atoms with Gasteiger partial charge in [0.1, 0.15) is 5.82 Å². The topological polar surface area (TPSA) is 57.4 Å². The molecule has 2 aromatic carbocycles. The molecule has 0 aliphatic rings. The van der Waals surface area contributed by atoms with Gasteiger partial charge in [-0.2, -0.15) is 5.10 Å². The summed E-state index contributed by atoms with van der Waals surface area (Å²) in [4.78, 5) is 7.93. The third-order valence-electron chi connectivity index (χ3n) is 3.40. The molecule has 21 heavy (non-hydrogen) atoms. The largest absolute Gasteiger partial charge is 0.338 e. The Morgan fingerprint density at radius 3 is 2.76 bits per heavy atom. The number of imidazole rings is 1. The molecule has 2 N–H and O–H groups in total. The lowest BCUT2D eigenvalue weighted by atomic mass is 10.1. The summed E-state index contributed by atoms with van der Waals surface area (Å²) in [5, 5.41) is 7.86.